The third-order valence-corrected chi connectivity index (χ3v) is 8.26. The number of anilines is 1. The number of amides is 1. The van der Waals surface area contributed by atoms with Crippen molar-refractivity contribution < 1.29 is 23.9 Å². The van der Waals surface area contributed by atoms with Gasteiger partial charge in [0.05, 0.1) is 12.5 Å². The van der Waals surface area contributed by atoms with Gasteiger partial charge in [0.15, 0.2) is 0 Å². The van der Waals surface area contributed by atoms with E-state index in [0.717, 1.165) is 23.4 Å². The number of esters is 2. The molecule has 6 atom stereocenters. The molecule has 5 aliphatic rings. The minimum absolute atomic E-state index is 0.0000841. The molecular weight excluding hydrogens is 396 g/mol. The minimum Gasteiger partial charge on any atom is -0.468 e. The van der Waals surface area contributed by atoms with E-state index in [-0.39, 0.29) is 36.5 Å². The number of benzene rings is 1. The monoisotopic (exact) mass is 424 g/mol. The summed E-state index contributed by atoms with van der Waals surface area (Å²) in [6.45, 7) is 4.02. The second kappa shape index (κ2) is 6.66. The second-order valence-electron chi connectivity index (χ2n) is 9.22. The first kappa shape index (κ1) is 20.2. The van der Waals surface area contributed by atoms with Gasteiger partial charge in [-0.1, -0.05) is 29.8 Å². The first-order chi connectivity index (χ1) is 14.8. The molecule has 7 nitrogen and oxygen atoms in total. The highest BCUT2D eigenvalue weighted by Crippen LogP contribution is 2.65. The van der Waals surface area contributed by atoms with E-state index in [9.17, 15) is 14.4 Å². The Morgan fingerprint density at radius 2 is 2.00 bits per heavy atom. The molecule has 4 fully saturated rings. The molecule has 0 saturated carbocycles. The van der Waals surface area contributed by atoms with E-state index in [1.54, 1.807) is 4.90 Å². The maximum Gasteiger partial charge on any atom is 0.317 e. The number of rotatable bonds is 3. The largest absolute Gasteiger partial charge is 0.468 e. The molecule has 0 N–H and O–H groups in total. The number of allylic oxidation sites excluding steroid dienone is 1. The van der Waals surface area contributed by atoms with Gasteiger partial charge in [-0.05, 0) is 31.4 Å². The Bertz CT molecular complexity index is 1020. The molecule has 4 saturated heterocycles. The van der Waals surface area contributed by atoms with Crippen LogP contribution in [0, 0.1) is 11.3 Å². The van der Waals surface area contributed by atoms with Gasteiger partial charge in [-0.3, -0.25) is 19.3 Å². The van der Waals surface area contributed by atoms with Crippen LogP contribution in [-0.2, 0) is 29.3 Å². The van der Waals surface area contributed by atoms with Crippen molar-refractivity contribution in [3.8, 4) is 0 Å². The highest BCUT2D eigenvalue weighted by Gasteiger charge is 2.74. The molecule has 164 valence electrons. The van der Waals surface area contributed by atoms with Gasteiger partial charge in [-0.25, -0.2) is 0 Å². The Hall–Kier alpha value is -2.67. The molecule has 31 heavy (non-hydrogen) atoms. The van der Waals surface area contributed by atoms with Gasteiger partial charge in [0.2, 0.25) is 5.91 Å². The molecule has 5 aliphatic heterocycles. The van der Waals surface area contributed by atoms with Crippen LogP contribution in [-0.4, -0.2) is 62.1 Å². The lowest BCUT2D eigenvalue weighted by molar-refractivity contribution is -0.180. The smallest absolute Gasteiger partial charge is 0.317 e. The summed E-state index contributed by atoms with van der Waals surface area (Å²) < 4.78 is 10.8. The first-order valence-corrected chi connectivity index (χ1v) is 10.8. The fourth-order valence-corrected chi connectivity index (χ4v) is 6.99. The number of hydrogen-bond donors (Lipinski definition) is 0. The molecule has 7 heteroatoms. The number of nitrogens with zero attached hydrogens (tertiary/aromatic N) is 2. The van der Waals surface area contributed by atoms with Crippen LogP contribution in [0.1, 0.15) is 32.3 Å². The summed E-state index contributed by atoms with van der Waals surface area (Å²) in [5.74, 6) is -0.833. The zero-order valence-corrected chi connectivity index (χ0v) is 18.4. The van der Waals surface area contributed by atoms with Crippen molar-refractivity contribution in [3.63, 3.8) is 0 Å². The molecule has 4 bridgehead atoms. The quantitative estimate of drug-likeness (QED) is 0.546. The van der Waals surface area contributed by atoms with Crippen LogP contribution < -0.4 is 4.90 Å². The summed E-state index contributed by atoms with van der Waals surface area (Å²) >= 11 is 0. The maximum atomic E-state index is 13.8. The minimum atomic E-state index is -1.02. The van der Waals surface area contributed by atoms with Crippen molar-refractivity contribution in [2.75, 3.05) is 32.2 Å². The Morgan fingerprint density at radius 3 is 2.68 bits per heavy atom. The summed E-state index contributed by atoms with van der Waals surface area (Å²) in [4.78, 5) is 42.9. The number of likely N-dealkylation sites (N-methyl/N-ethyl adjacent to an activating group) is 1. The second-order valence-corrected chi connectivity index (χ2v) is 9.22. The molecule has 1 amide bonds. The zero-order chi connectivity index (χ0) is 22.1. The van der Waals surface area contributed by atoms with Crippen LogP contribution in [0.4, 0.5) is 5.69 Å². The Labute approximate surface area is 182 Å². The third-order valence-electron chi connectivity index (χ3n) is 8.26. The van der Waals surface area contributed by atoms with E-state index in [1.807, 2.05) is 32.2 Å². The summed E-state index contributed by atoms with van der Waals surface area (Å²) in [6.07, 6.45) is 3.23. The average molecular weight is 424 g/mol. The molecule has 6 rings (SSSR count). The van der Waals surface area contributed by atoms with Gasteiger partial charge in [0, 0.05) is 44.2 Å². The SMILES string of the molecule is C/C=C1\CN2[C@H]3C[C@@]4(C(=O)N(C)c5ccccc54)[C@@H]2C[C@@H]1C3(COC(C)=O)C(=O)OC. The number of carbonyl (C=O) groups excluding carboxylic acids is 3. The fourth-order valence-electron chi connectivity index (χ4n) is 6.99. The summed E-state index contributed by atoms with van der Waals surface area (Å²) in [5, 5.41) is 0. The lowest BCUT2D eigenvalue weighted by Crippen LogP contribution is -2.67. The van der Waals surface area contributed by atoms with Gasteiger partial charge in [0.1, 0.15) is 12.0 Å². The number of hydrogen-bond acceptors (Lipinski definition) is 6. The Morgan fingerprint density at radius 1 is 1.26 bits per heavy atom. The van der Waals surface area contributed by atoms with Crippen LogP contribution in [0.2, 0.25) is 0 Å². The number of ether oxygens (including phenoxy) is 2. The highest BCUT2D eigenvalue weighted by atomic mass is 16.5. The molecule has 2 unspecified atom stereocenters. The lowest BCUT2D eigenvalue weighted by atomic mass is 9.60. The van der Waals surface area contributed by atoms with Crippen LogP contribution in [0.15, 0.2) is 35.9 Å². The van der Waals surface area contributed by atoms with Gasteiger partial charge >= 0.3 is 11.9 Å². The summed E-state index contributed by atoms with van der Waals surface area (Å²) in [5.41, 5.74) is 1.41. The summed E-state index contributed by atoms with van der Waals surface area (Å²) in [7, 11) is 3.21. The van der Waals surface area contributed by atoms with Crippen LogP contribution in [0.5, 0.6) is 0 Å². The third kappa shape index (κ3) is 2.30. The van der Waals surface area contributed by atoms with Crippen LogP contribution >= 0.6 is 0 Å². The predicted octanol–water partition coefficient (Wildman–Crippen LogP) is 2.05. The number of piperidine rings is 3. The fraction of sp³-hybridized carbons (Fsp3) is 0.542. The van der Waals surface area contributed by atoms with Crippen LogP contribution in [0.3, 0.4) is 0 Å². The molecule has 0 aliphatic carbocycles. The molecule has 0 aromatic heterocycles. The van der Waals surface area contributed by atoms with Crippen molar-refractivity contribution in [2.24, 2.45) is 11.3 Å². The number of methoxy groups -OCH3 is 1. The zero-order valence-electron chi connectivity index (χ0n) is 18.4. The predicted molar refractivity (Wildman–Crippen MR) is 113 cm³/mol. The molecule has 1 aromatic rings. The first-order valence-electron chi connectivity index (χ1n) is 10.8. The van der Waals surface area contributed by atoms with E-state index >= 15 is 0 Å². The Balaban J connectivity index is 1.69. The van der Waals surface area contributed by atoms with E-state index in [4.69, 9.17) is 9.47 Å². The standard InChI is InChI=1S/C24H28N2O5/c1-5-15-12-26-19-10-17(15)24(22(29)30-4,13-31-14(2)27)20(26)11-23(19)16-8-6-7-9-18(16)25(3)21(23)28/h5-9,17,19-20H,10-13H2,1-4H3/b15-5+/t17-,19-,20-,23-,24?/m0/s1. The average Bonchev–Trinajstić information content (AvgIpc) is 3.18. The van der Waals surface area contributed by atoms with Crippen molar-refractivity contribution >= 4 is 23.5 Å². The number of carbonyl (C=O) groups is 3. The number of para-hydroxylation sites is 1. The molecule has 0 radical (unpaired) electrons. The molecular formula is C24H28N2O5. The molecule has 1 aromatic carbocycles. The molecule has 1 spiro atoms. The van der Waals surface area contributed by atoms with E-state index < -0.39 is 16.8 Å². The van der Waals surface area contributed by atoms with Crippen molar-refractivity contribution in [1.82, 2.24) is 4.90 Å². The van der Waals surface area contributed by atoms with E-state index in [2.05, 4.69) is 17.0 Å². The van der Waals surface area contributed by atoms with Gasteiger partial charge < -0.3 is 14.4 Å². The van der Waals surface area contributed by atoms with Gasteiger partial charge in [-0.15, -0.1) is 0 Å². The van der Waals surface area contributed by atoms with Gasteiger partial charge in [0.25, 0.3) is 0 Å². The number of fused-ring (bicyclic) bond motifs is 3. The lowest BCUT2D eigenvalue weighted by Gasteiger charge is -2.57. The van der Waals surface area contributed by atoms with Crippen molar-refractivity contribution in [1.29, 1.82) is 0 Å². The van der Waals surface area contributed by atoms with Crippen molar-refractivity contribution in [3.05, 3.63) is 41.5 Å². The molecule has 5 heterocycles. The Kier molecular flexibility index (Phi) is 4.35. The van der Waals surface area contributed by atoms with Crippen LogP contribution in [0.25, 0.3) is 0 Å². The van der Waals surface area contributed by atoms with E-state index in [1.165, 1.54) is 14.0 Å². The highest BCUT2D eigenvalue weighted by molar-refractivity contribution is 6.09. The maximum absolute atomic E-state index is 13.8. The van der Waals surface area contributed by atoms with Gasteiger partial charge in [-0.2, -0.15) is 0 Å². The topological polar surface area (TPSA) is 76.2 Å². The van der Waals surface area contributed by atoms with E-state index in [0.29, 0.717) is 12.8 Å². The normalized spacial score (nSPS) is 38.6. The summed E-state index contributed by atoms with van der Waals surface area (Å²) in [6, 6.07) is 7.73. The van der Waals surface area contributed by atoms with Crippen molar-refractivity contribution in [2.45, 2.75) is 44.2 Å².